The first-order chi connectivity index (χ1) is 9.33. The summed E-state index contributed by atoms with van der Waals surface area (Å²) in [6.07, 6.45) is 4.51. The van der Waals surface area contributed by atoms with E-state index >= 15 is 0 Å². The van der Waals surface area contributed by atoms with Crippen molar-refractivity contribution in [2.75, 3.05) is 19.0 Å². The zero-order chi connectivity index (χ0) is 13.5. The molecule has 0 aliphatic heterocycles. The summed E-state index contributed by atoms with van der Waals surface area (Å²) in [5.41, 5.74) is 2.67. The number of nitrogens with one attached hydrogen (secondary N) is 1. The molecule has 0 unspecified atom stereocenters. The third-order valence-corrected chi connectivity index (χ3v) is 2.78. The first kappa shape index (κ1) is 12.9. The number of nitriles is 1. The van der Waals surface area contributed by atoms with Gasteiger partial charge in [0.2, 0.25) is 0 Å². The van der Waals surface area contributed by atoms with Gasteiger partial charge in [0.25, 0.3) is 0 Å². The number of benzene rings is 1. The number of pyridine rings is 1. The molecule has 0 aliphatic rings. The molecule has 0 fully saturated rings. The Morgan fingerprint density at radius 1 is 1.37 bits per heavy atom. The monoisotopic (exact) mass is 253 g/mol. The molecular formula is C15H15N3O. The quantitative estimate of drug-likeness (QED) is 0.889. The number of aromatic nitrogens is 1. The van der Waals surface area contributed by atoms with Gasteiger partial charge in [-0.25, -0.2) is 0 Å². The Balaban J connectivity index is 1.98. The Morgan fingerprint density at radius 2 is 2.26 bits per heavy atom. The van der Waals surface area contributed by atoms with Crippen molar-refractivity contribution in [3.8, 4) is 11.8 Å². The van der Waals surface area contributed by atoms with E-state index in [1.54, 1.807) is 25.4 Å². The molecule has 1 aromatic carbocycles. The van der Waals surface area contributed by atoms with Crippen LogP contribution in [0.4, 0.5) is 5.69 Å². The van der Waals surface area contributed by atoms with Gasteiger partial charge in [-0.3, -0.25) is 4.98 Å². The molecule has 4 heteroatoms. The molecule has 0 bridgehead atoms. The zero-order valence-electron chi connectivity index (χ0n) is 10.8. The normalized spacial score (nSPS) is 9.68. The molecule has 0 atom stereocenters. The Labute approximate surface area is 112 Å². The van der Waals surface area contributed by atoms with Gasteiger partial charge in [-0.15, -0.1) is 0 Å². The van der Waals surface area contributed by atoms with Gasteiger partial charge in [0, 0.05) is 25.0 Å². The van der Waals surface area contributed by atoms with Crippen LogP contribution >= 0.6 is 0 Å². The Kier molecular flexibility index (Phi) is 4.35. The lowest BCUT2D eigenvalue weighted by atomic mass is 10.2. The van der Waals surface area contributed by atoms with Gasteiger partial charge in [-0.05, 0) is 30.2 Å². The van der Waals surface area contributed by atoms with Gasteiger partial charge in [0.15, 0.2) is 0 Å². The highest BCUT2D eigenvalue weighted by Gasteiger charge is 2.03. The van der Waals surface area contributed by atoms with Crippen molar-refractivity contribution in [2.24, 2.45) is 0 Å². The summed E-state index contributed by atoms with van der Waals surface area (Å²) >= 11 is 0. The zero-order valence-corrected chi connectivity index (χ0v) is 10.8. The molecule has 0 amide bonds. The van der Waals surface area contributed by atoms with Crippen LogP contribution in [0.25, 0.3) is 0 Å². The van der Waals surface area contributed by atoms with E-state index in [0.717, 1.165) is 18.7 Å². The number of ether oxygens (including phenoxy) is 1. The molecule has 0 radical (unpaired) electrons. The van der Waals surface area contributed by atoms with Crippen molar-refractivity contribution in [2.45, 2.75) is 6.42 Å². The number of methoxy groups -OCH3 is 1. The third kappa shape index (κ3) is 3.46. The van der Waals surface area contributed by atoms with Crippen molar-refractivity contribution in [3.63, 3.8) is 0 Å². The smallest absolute Gasteiger partial charge is 0.143 e. The molecule has 4 nitrogen and oxygen atoms in total. The fourth-order valence-electron chi connectivity index (χ4n) is 1.79. The maximum absolute atomic E-state index is 8.84. The van der Waals surface area contributed by atoms with Crippen LogP contribution in [0, 0.1) is 11.3 Å². The second-order valence-corrected chi connectivity index (χ2v) is 4.06. The molecule has 2 aromatic rings. The van der Waals surface area contributed by atoms with E-state index in [-0.39, 0.29) is 0 Å². The molecule has 1 heterocycles. The van der Waals surface area contributed by atoms with Crippen LogP contribution in [-0.2, 0) is 6.42 Å². The SMILES string of the molecule is COc1cc(C#N)ccc1NCCc1cccnc1. The van der Waals surface area contributed by atoms with Gasteiger partial charge in [-0.2, -0.15) is 5.26 Å². The average molecular weight is 253 g/mol. The molecule has 19 heavy (non-hydrogen) atoms. The number of nitrogens with zero attached hydrogens (tertiary/aromatic N) is 2. The van der Waals surface area contributed by atoms with Crippen LogP contribution in [0.5, 0.6) is 5.75 Å². The molecular weight excluding hydrogens is 238 g/mol. The second-order valence-electron chi connectivity index (χ2n) is 4.06. The Morgan fingerprint density at radius 3 is 2.95 bits per heavy atom. The summed E-state index contributed by atoms with van der Waals surface area (Å²) in [6, 6.07) is 11.4. The van der Waals surface area contributed by atoms with Gasteiger partial charge in [0.05, 0.1) is 24.4 Å². The summed E-state index contributed by atoms with van der Waals surface area (Å²) in [4.78, 5) is 4.08. The first-order valence-corrected chi connectivity index (χ1v) is 6.04. The van der Waals surface area contributed by atoms with Gasteiger partial charge in [-0.1, -0.05) is 6.07 Å². The number of hydrogen-bond donors (Lipinski definition) is 1. The minimum Gasteiger partial charge on any atom is -0.495 e. The van der Waals surface area contributed by atoms with Crippen molar-refractivity contribution < 1.29 is 4.74 Å². The Bertz CT molecular complexity index is 576. The highest BCUT2D eigenvalue weighted by molar-refractivity contribution is 5.59. The fourth-order valence-corrected chi connectivity index (χ4v) is 1.79. The lowest BCUT2D eigenvalue weighted by Crippen LogP contribution is -2.06. The van der Waals surface area contributed by atoms with E-state index in [4.69, 9.17) is 10.00 Å². The molecule has 0 aliphatic carbocycles. The summed E-state index contributed by atoms with van der Waals surface area (Å²) in [6.45, 7) is 0.786. The van der Waals surface area contributed by atoms with E-state index in [9.17, 15) is 0 Å². The summed E-state index contributed by atoms with van der Waals surface area (Å²) in [5, 5.41) is 12.1. The minimum absolute atomic E-state index is 0.592. The molecule has 0 spiro atoms. The van der Waals surface area contributed by atoms with Crippen LogP contribution in [-0.4, -0.2) is 18.6 Å². The van der Waals surface area contributed by atoms with Crippen molar-refractivity contribution >= 4 is 5.69 Å². The summed E-state index contributed by atoms with van der Waals surface area (Å²) < 4.78 is 5.26. The number of anilines is 1. The number of rotatable bonds is 5. The van der Waals surface area contributed by atoms with Crippen LogP contribution in [0.15, 0.2) is 42.7 Å². The third-order valence-electron chi connectivity index (χ3n) is 2.78. The maximum atomic E-state index is 8.84. The van der Waals surface area contributed by atoms with E-state index in [1.165, 1.54) is 5.56 Å². The molecule has 0 saturated heterocycles. The largest absolute Gasteiger partial charge is 0.495 e. The lowest BCUT2D eigenvalue weighted by Gasteiger charge is -2.11. The highest BCUT2D eigenvalue weighted by atomic mass is 16.5. The van der Waals surface area contributed by atoms with Crippen molar-refractivity contribution in [3.05, 3.63) is 53.9 Å². The molecule has 1 aromatic heterocycles. The van der Waals surface area contributed by atoms with E-state index < -0.39 is 0 Å². The molecule has 1 N–H and O–H groups in total. The predicted octanol–water partition coefficient (Wildman–Crippen LogP) is 2.62. The molecule has 2 rings (SSSR count). The van der Waals surface area contributed by atoms with Crippen LogP contribution < -0.4 is 10.1 Å². The summed E-state index contributed by atoms with van der Waals surface area (Å²) in [7, 11) is 1.60. The lowest BCUT2D eigenvalue weighted by molar-refractivity contribution is 0.416. The van der Waals surface area contributed by atoms with Crippen LogP contribution in [0.2, 0.25) is 0 Å². The van der Waals surface area contributed by atoms with Crippen molar-refractivity contribution in [1.29, 1.82) is 5.26 Å². The van der Waals surface area contributed by atoms with Crippen molar-refractivity contribution in [1.82, 2.24) is 4.98 Å². The van der Waals surface area contributed by atoms with Crippen LogP contribution in [0.3, 0.4) is 0 Å². The Hall–Kier alpha value is -2.54. The molecule has 96 valence electrons. The van der Waals surface area contributed by atoms with Gasteiger partial charge < -0.3 is 10.1 Å². The predicted molar refractivity (Wildman–Crippen MR) is 74.1 cm³/mol. The van der Waals surface area contributed by atoms with E-state index in [1.807, 2.05) is 24.4 Å². The van der Waals surface area contributed by atoms with Gasteiger partial charge in [0.1, 0.15) is 5.75 Å². The molecule has 0 saturated carbocycles. The van der Waals surface area contributed by atoms with Crippen LogP contribution in [0.1, 0.15) is 11.1 Å². The standard InChI is InChI=1S/C15H15N3O/c1-19-15-9-13(10-16)4-5-14(15)18-8-6-12-3-2-7-17-11-12/h2-5,7,9,11,18H,6,8H2,1H3. The van der Waals surface area contributed by atoms with E-state index in [0.29, 0.717) is 11.3 Å². The number of hydrogen-bond acceptors (Lipinski definition) is 4. The summed E-state index contributed by atoms with van der Waals surface area (Å²) in [5.74, 6) is 0.685. The average Bonchev–Trinajstić information content (AvgIpc) is 2.48. The maximum Gasteiger partial charge on any atom is 0.143 e. The minimum atomic E-state index is 0.592. The van der Waals surface area contributed by atoms with E-state index in [2.05, 4.69) is 16.4 Å². The highest BCUT2D eigenvalue weighted by Crippen LogP contribution is 2.25. The topological polar surface area (TPSA) is 57.9 Å². The second kappa shape index (κ2) is 6.41. The first-order valence-electron chi connectivity index (χ1n) is 6.04. The fraction of sp³-hybridized carbons (Fsp3) is 0.200. The van der Waals surface area contributed by atoms with Gasteiger partial charge >= 0.3 is 0 Å².